The first-order valence-corrected chi connectivity index (χ1v) is 5.95. The number of hydrogen-bond acceptors (Lipinski definition) is 6. The van der Waals surface area contributed by atoms with E-state index in [-0.39, 0.29) is 11.5 Å². The summed E-state index contributed by atoms with van der Waals surface area (Å²) in [7, 11) is 1.67. The summed E-state index contributed by atoms with van der Waals surface area (Å²) in [6.45, 7) is 3.19. The zero-order chi connectivity index (χ0) is 13.3. The van der Waals surface area contributed by atoms with Gasteiger partial charge >= 0.3 is 0 Å². The van der Waals surface area contributed by atoms with Gasteiger partial charge in [0.15, 0.2) is 16.6 Å². The number of aryl methyl sites for hydroxylation is 2. The fraction of sp³-hybridized carbons (Fsp3) is 0.300. The summed E-state index contributed by atoms with van der Waals surface area (Å²) in [6.07, 6.45) is 1.50. The largest absolute Gasteiger partial charge is 0.296 e. The monoisotopic (exact) mass is 265 g/mol. The number of rotatable bonds is 3. The van der Waals surface area contributed by atoms with E-state index in [0.717, 1.165) is 11.3 Å². The maximum Gasteiger partial charge on any atom is 0.279 e. The standard InChI is InChI=1S/C10H11N5O2S/c1-5-8(6(2)16)18-10(11-5)12-9(17)7-4-15(3)14-13-7/h4H,1-3H3,(H,11,12,17). The molecule has 18 heavy (non-hydrogen) atoms. The number of anilines is 1. The molecule has 1 N–H and O–H groups in total. The molecule has 0 unspecified atom stereocenters. The molecule has 0 spiro atoms. The van der Waals surface area contributed by atoms with Crippen LogP contribution in [0.1, 0.15) is 32.8 Å². The van der Waals surface area contributed by atoms with Crippen molar-refractivity contribution in [2.75, 3.05) is 5.32 Å². The van der Waals surface area contributed by atoms with Gasteiger partial charge in [-0.15, -0.1) is 5.10 Å². The lowest BCUT2D eigenvalue weighted by molar-refractivity contribution is 0.101. The summed E-state index contributed by atoms with van der Waals surface area (Å²) in [5.41, 5.74) is 0.816. The summed E-state index contributed by atoms with van der Waals surface area (Å²) in [5, 5.41) is 10.3. The Bertz CT molecular complexity index is 616. The highest BCUT2D eigenvalue weighted by Crippen LogP contribution is 2.23. The molecule has 0 aliphatic rings. The number of aromatic nitrogens is 4. The fourth-order valence-electron chi connectivity index (χ4n) is 1.39. The van der Waals surface area contributed by atoms with E-state index >= 15 is 0 Å². The van der Waals surface area contributed by atoms with Gasteiger partial charge in [0.2, 0.25) is 0 Å². The van der Waals surface area contributed by atoms with Crippen LogP contribution in [-0.2, 0) is 7.05 Å². The summed E-state index contributed by atoms with van der Waals surface area (Å²) >= 11 is 1.15. The molecular formula is C10H11N5O2S. The SMILES string of the molecule is CC(=O)c1sc(NC(=O)c2cn(C)nn2)nc1C. The molecule has 0 aromatic carbocycles. The molecule has 0 fully saturated rings. The van der Waals surface area contributed by atoms with Crippen molar-refractivity contribution in [1.29, 1.82) is 0 Å². The number of nitrogens with zero attached hydrogens (tertiary/aromatic N) is 4. The zero-order valence-electron chi connectivity index (χ0n) is 10.1. The Morgan fingerprint density at radius 1 is 1.44 bits per heavy atom. The second-order valence-corrected chi connectivity index (χ2v) is 4.72. The molecule has 0 saturated carbocycles. The van der Waals surface area contributed by atoms with E-state index in [9.17, 15) is 9.59 Å². The van der Waals surface area contributed by atoms with Crippen molar-refractivity contribution in [2.24, 2.45) is 7.05 Å². The van der Waals surface area contributed by atoms with Gasteiger partial charge in [-0.3, -0.25) is 19.6 Å². The molecule has 0 saturated heterocycles. The minimum atomic E-state index is -0.396. The molecule has 2 rings (SSSR count). The Morgan fingerprint density at radius 2 is 2.17 bits per heavy atom. The van der Waals surface area contributed by atoms with Gasteiger partial charge < -0.3 is 0 Å². The third-order valence-corrected chi connectivity index (χ3v) is 3.35. The van der Waals surface area contributed by atoms with E-state index < -0.39 is 5.91 Å². The highest BCUT2D eigenvalue weighted by atomic mass is 32.1. The minimum absolute atomic E-state index is 0.0648. The third-order valence-electron chi connectivity index (χ3n) is 2.17. The molecule has 0 atom stereocenters. The third kappa shape index (κ3) is 2.43. The van der Waals surface area contributed by atoms with E-state index in [1.54, 1.807) is 14.0 Å². The van der Waals surface area contributed by atoms with Crippen molar-refractivity contribution in [1.82, 2.24) is 20.0 Å². The van der Waals surface area contributed by atoms with Crippen LogP contribution in [0.2, 0.25) is 0 Å². The molecule has 0 radical (unpaired) electrons. The molecule has 7 nitrogen and oxygen atoms in total. The first-order valence-electron chi connectivity index (χ1n) is 5.13. The van der Waals surface area contributed by atoms with Crippen LogP contribution in [0.3, 0.4) is 0 Å². The number of thiazole rings is 1. The summed E-state index contributed by atoms with van der Waals surface area (Å²) < 4.78 is 1.43. The Hall–Kier alpha value is -2.09. The first kappa shape index (κ1) is 12.4. The van der Waals surface area contributed by atoms with Crippen LogP contribution in [0.5, 0.6) is 0 Å². The Kier molecular flexibility index (Phi) is 3.19. The fourth-order valence-corrected chi connectivity index (χ4v) is 2.25. The van der Waals surface area contributed by atoms with Gasteiger partial charge in [0, 0.05) is 14.0 Å². The lowest BCUT2D eigenvalue weighted by Crippen LogP contribution is -2.12. The molecule has 0 bridgehead atoms. The van der Waals surface area contributed by atoms with Crippen molar-refractivity contribution in [3.05, 3.63) is 22.5 Å². The van der Waals surface area contributed by atoms with Crippen LogP contribution >= 0.6 is 11.3 Å². The normalized spacial score (nSPS) is 10.4. The smallest absolute Gasteiger partial charge is 0.279 e. The highest BCUT2D eigenvalue weighted by molar-refractivity contribution is 7.17. The summed E-state index contributed by atoms with van der Waals surface area (Å²) in [5.74, 6) is -0.461. The Labute approximate surface area is 107 Å². The number of amides is 1. The van der Waals surface area contributed by atoms with Gasteiger partial charge in [-0.1, -0.05) is 16.6 Å². The van der Waals surface area contributed by atoms with E-state index in [0.29, 0.717) is 15.7 Å². The lowest BCUT2D eigenvalue weighted by Gasteiger charge is -1.95. The van der Waals surface area contributed by atoms with E-state index in [1.165, 1.54) is 17.8 Å². The number of nitrogens with one attached hydrogen (secondary N) is 1. The van der Waals surface area contributed by atoms with Gasteiger partial charge in [-0.2, -0.15) is 0 Å². The molecular weight excluding hydrogens is 254 g/mol. The van der Waals surface area contributed by atoms with Gasteiger partial charge in [0.25, 0.3) is 5.91 Å². The van der Waals surface area contributed by atoms with Crippen molar-refractivity contribution < 1.29 is 9.59 Å². The van der Waals surface area contributed by atoms with Crippen LogP contribution in [0.15, 0.2) is 6.20 Å². The van der Waals surface area contributed by atoms with Gasteiger partial charge in [0.05, 0.1) is 16.8 Å². The minimum Gasteiger partial charge on any atom is -0.296 e. The molecule has 2 heterocycles. The summed E-state index contributed by atoms with van der Waals surface area (Å²) in [6, 6.07) is 0. The summed E-state index contributed by atoms with van der Waals surface area (Å²) in [4.78, 5) is 27.7. The zero-order valence-corrected chi connectivity index (χ0v) is 10.9. The van der Waals surface area contributed by atoms with Crippen LogP contribution in [-0.4, -0.2) is 31.7 Å². The van der Waals surface area contributed by atoms with Crippen LogP contribution < -0.4 is 5.32 Å². The van der Waals surface area contributed by atoms with Crippen molar-refractivity contribution in [3.8, 4) is 0 Å². The molecule has 0 aliphatic heterocycles. The topological polar surface area (TPSA) is 89.8 Å². The second-order valence-electron chi connectivity index (χ2n) is 3.72. The van der Waals surface area contributed by atoms with E-state index in [4.69, 9.17) is 0 Å². The number of Topliss-reactive ketones (excluding diaryl/α,β-unsaturated/α-hetero) is 1. The molecule has 2 aromatic rings. The molecule has 2 aromatic heterocycles. The number of ketones is 1. The lowest BCUT2D eigenvalue weighted by atomic mass is 10.3. The molecule has 1 amide bonds. The molecule has 0 aliphatic carbocycles. The highest BCUT2D eigenvalue weighted by Gasteiger charge is 2.15. The van der Waals surface area contributed by atoms with E-state index in [2.05, 4.69) is 20.6 Å². The number of hydrogen-bond donors (Lipinski definition) is 1. The second kappa shape index (κ2) is 4.65. The van der Waals surface area contributed by atoms with Crippen LogP contribution in [0.25, 0.3) is 0 Å². The average Bonchev–Trinajstić information content (AvgIpc) is 2.85. The molecule has 94 valence electrons. The number of carbonyl (C=O) groups excluding carboxylic acids is 2. The van der Waals surface area contributed by atoms with Crippen LogP contribution in [0, 0.1) is 6.92 Å². The van der Waals surface area contributed by atoms with Crippen molar-refractivity contribution >= 4 is 28.2 Å². The van der Waals surface area contributed by atoms with Crippen LogP contribution in [0.4, 0.5) is 5.13 Å². The predicted molar refractivity (Wildman–Crippen MR) is 65.8 cm³/mol. The Morgan fingerprint density at radius 3 is 2.67 bits per heavy atom. The quantitative estimate of drug-likeness (QED) is 0.837. The van der Waals surface area contributed by atoms with Crippen molar-refractivity contribution in [2.45, 2.75) is 13.8 Å². The maximum absolute atomic E-state index is 11.8. The average molecular weight is 265 g/mol. The van der Waals surface area contributed by atoms with Gasteiger partial charge in [-0.05, 0) is 6.92 Å². The molecule has 8 heteroatoms. The Balaban J connectivity index is 2.17. The van der Waals surface area contributed by atoms with Crippen molar-refractivity contribution in [3.63, 3.8) is 0 Å². The first-order chi connectivity index (χ1) is 8.47. The predicted octanol–water partition coefficient (Wildman–Crippen LogP) is 1.03. The van der Waals surface area contributed by atoms with E-state index in [1.807, 2.05) is 0 Å². The maximum atomic E-state index is 11.8. The van der Waals surface area contributed by atoms with Gasteiger partial charge in [-0.25, -0.2) is 4.98 Å². The number of carbonyl (C=O) groups is 2. The van der Waals surface area contributed by atoms with Gasteiger partial charge in [0.1, 0.15) is 0 Å².